The average Bonchev–Trinajstić information content (AvgIpc) is 2.83. The summed E-state index contributed by atoms with van der Waals surface area (Å²) < 4.78 is 5.41. The minimum Gasteiger partial charge on any atom is -0.444 e. The third kappa shape index (κ3) is 8.83. The maximum Gasteiger partial charge on any atom is 0.408 e. The van der Waals surface area contributed by atoms with Gasteiger partial charge in [0.1, 0.15) is 17.7 Å². The predicted molar refractivity (Wildman–Crippen MR) is 162 cm³/mol. The van der Waals surface area contributed by atoms with Crippen LogP contribution >= 0.6 is 0 Å². The summed E-state index contributed by atoms with van der Waals surface area (Å²) in [5.74, 6) is -0.204. The molecular formula is C33H49N3O4. The molecule has 0 saturated carbocycles. The number of ether oxygens (including phenoxy) is 1. The molecule has 0 saturated heterocycles. The molecule has 0 bridgehead atoms. The molecule has 7 nitrogen and oxygen atoms in total. The molecular weight excluding hydrogens is 502 g/mol. The van der Waals surface area contributed by atoms with Gasteiger partial charge in [-0.1, -0.05) is 50.2 Å². The molecule has 0 heterocycles. The summed E-state index contributed by atoms with van der Waals surface area (Å²) in [6.07, 6.45) is 0.920. The van der Waals surface area contributed by atoms with Gasteiger partial charge < -0.3 is 20.3 Å². The van der Waals surface area contributed by atoms with Gasteiger partial charge in [-0.2, -0.15) is 0 Å². The summed E-state index contributed by atoms with van der Waals surface area (Å²) >= 11 is 0. The van der Waals surface area contributed by atoms with Crippen LogP contribution in [0.15, 0.2) is 36.4 Å². The summed E-state index contributed by atoms with van der Waals surface area (Å²) in [5.41, 5.74) is 4.67. The van der Waals surface area contributed by atoms with E-state index in [2.05, 4.69) is 24.5 Å². The molecule has 2 N–H and O–H groups in total. The molecule has 3 amide bonds. The number of carbonyl (C=O) groups is 3. The third-order valence-electron chi connectivity index (χ3n) is 7.19. The fourth-order valence-corrected chi connectivity index (χ4v) is 4.77. The number of hydrogen-bond acceptors (Lipinski definition) is 4. The monoisotopic (exact) mass is 551 g/mol. The van der Waals surface area contributed by atoms with Crippen LogP contribution in [0.2, 0.25) is 0 Å². The maximum atomic E-state index is 14.3. The van der Waals surface area contributed by atoms with E-state index in [9.17, 15) is 14.4 Å². The first kappa shape index (κ1) is 32.9. The van der Waals surface area contributed by atoms with Crippen LogP contribution in [0.4, 0.5) is 10.5 Å². The van der Waals surface area contributed by atoms with Crippen molar-refractivity contribution in [3.05, 3.63) is 64.2 Å². The van der Waals surface area contributed by atoms with Gasteiger partial charge in [0, 0.05) is 11.7 Å². The quantitative estimate of drug-likeness (QED) is 0.328. The predicted octanol–water partition coefficient (Wildman–Crippen LogP) is 7.17. The van der Waals surface area contributed by atoms with Crippen LogP contribution in [0.5, 0.6) is 0 Å². The lowest BCUT2D eigenvalue weighted by atomic mass is 9.92. The Balaban J connectivity index is 2.63. The smallest absolute Gasteiger partial charge is 0.408 e. The Bertz CT molecular complexity index is 1180. The van der Waals surface area contributed by atoms with Gasteiger partial charge in [-0.25, -0.2) is 4.79 Å². The second-order valence-electron chi connectivity index (χ2n) is 12.4. The number of para-hydroxylation sites is 1. The Labute approximate surface area is 241 Å². The van der Waals surface area contributed by atoms with Crippen LogP contribution in [-0.4, -0.2) is 40.5 Å². The van der Waals surface area contributed by atoms with Crippen LogP contribution in [0.25, 0.3) is 0 Å². The van der Waals surface area contributed by atoms with Crippen molar-refractivity contribution >= 4 is 23.6 Å². The highest BCUT2D eigenvalue weighted by Gasteiger charge is 2.38. The summed E-state index contributed by atoms with van der Waals surface area (Å²) in [7, 11) is 0. The lowest BCUT2D eigenvalue weighted by molar-refractivity contribution is -0.143. The van der Waals surface area contributed by atoms with Crippen molar-refractivity contribution in [2.75, 3.05) is 5.32 Å². The van der Waals surface area contributed by atoms with Crippen LogP contribution in [0, 0.1) is 33.6 Å². The molecule has 3 unspecified atom stereocenters. The molecule has 0 aliphatic heterocycles. The van der Waals surface area contributed by atoms with Gasteiger partial charge in [0.2, 0.25) is 5.91 Å². The van der Waals surface area contributed by atoms with Crippen molar-refractivity contribution in [1.29, 1.82) is 0 Å². The van der Waals surface area contributed by atoms with Crippen LogP contribution in [0.3, 0.4) is 0 Å². The molecule has 7 heteroatoms. The first-order chi connectivity index (χ1) is 18.5. The van der Waals surface area contributed by atoms with Crippen LogP contribution in [0.1, 0.15) is 95.2 Å². The summed E-state index contributed by atoms with van der Waals surface area (Å²) in [4.78, 5) is 42.7. The SMILES string of the molecule is Cc1cccc(C(C(=O)Nc2c(C)cccc2C)N(C(=O)C(C)NC(=O)OC(C)(C)C)C(C)CCC(C)C)c1C. The number of amides is 3. The Morgan fingerprint density at radius 1 is 0.850 bits per heavy atom. The molecule has 0 aliphatic rings. The van der Waals surface area contributed by atoms with Crippen molar-refractivity contribution in [3.8, 4) is 0 Å². The zero-order chi connectivity index (χ0) is 30.4. The van der Waals surface area contributed by atoms with Crippen molar-refractivity contribution in [1.82, 2.24) is 10.2 Å². The maximum absolute atomic E-state index is 14.3. The topological polar surface area (TPSA) is 87.7 Å². The van der Waals surface area contributed by atoms with Crippen LogP contribution in [-0.2, 0) is 14.3 Å². The number of alkyl carbamates (subject to hydrolysis) is 1. The lowest BCUT2D eigenvalue weighted by Crippen LogP contribution is -2.54. The van der Waals surface area contributed by atoms with Gasteiger partial charge in [0.05, 0.1) is 0 Å². The fraction of sp³-hybridized carbons (Fsp3) is 0.545. The Hall–Kier alpha value is -3.35. The number of anilines is 1. The molecule has 220 valence electrons. The van der Waals surface area contributed by atoms with Crippen LogP contribution < -0.4 is 10.6 Å². The van der Waals surface area contributed by atoms with Crippen molar-refractivity contribution in [2.45, 2.75) is 113 Å². The van der Waals surface area contributed by atoms with Gasteiger partial charge in [-0.3, -0.25) is 9.59 Å². The average molecular weight is 552 g/mol. The number of nitrogens with zero attached hydrogens (tertiary/aromatic N) is 1. The lowest BCUT2D eigenvalue weighted by Gasteiger charge is -2.39. The number of rotatable bonds is 10. The van der Waals surface area contributed by atoms with E-state index in [0.29, 0.717) is 12.3 Å². The van der Waals surface area contributed by atoms with Crippen molar-refractivity contribution in [2.24, 2.45) is 5.92 Å². The molecule has 0 aromatic heterocycles. The fourth-order valence-electron chi connectivity index (χ4n) is 4.77. The van der Waals surface area contributed by atoms with E-state index < -0.39 is 23.8 Å². The van der Waals surface area contributed by atoms with E-state index in [-0.39, 0.29) is 17.9 Å². The Morgan fingerprint density at radius 3 is 1.95 bits per heavy atom. The van der Waals surface area contributed by atoms with E-state index in [1.54, 1.807) is 32.6 Å². The first-order valence-electron chi connectivity index (χ1n) is 14.3. The Kier molecular flexibility index (Phi) is 11.4. The van der Waals surface area contributed by atoms with E-state index in [4.69, 9.17) is 4.74 Å². The van der Waals surface area contributed by atoms with E-state index >= 15 is 0 Å². The number of hydrogen-bond donors (Lipinski definition) is 2. The largest absolute Gasteiger partial charge is 0.444 e. The molecule has 3 atom stereocenters. The normalized spacial score (nSPS) is 13.8. The molecule has 2 aromatic carbocycles. The number of carbonyl (C=O) groups excluding carboxylic acids is 3. The van der Waals surface area contributed by atoms with Gasteiger partial charge in [0.15, 0.2) is 0 Å². The summed E-state index contributed by atoms with van der Waals surface area (Å²) in [6.45, 7) is 21.1. The van der Waals surface area contributed by atoms with E-state index in [1.165, 1.54) is 0 Å². The Morgan fingerprint density at radius 2 is 1.40 bits per heavy atom. The third-order valence-corrected chi connectivity index (χ3v) is 7.19. The molecule has 0 aliphatic carbocycles. The molecule has 2 aromatic rings. The molecule has 0 fully saturated rings. The zero-order valence-electron chi connectivity index (χ0n) is 26.3. The highest BCUT2D eigenvalue weighted by Crippen LogP contribution is 2.32. The van der Waals surface area contributed by atoms with Crippen molar-refractivity contribution < 1.29 is 19.1 Å². The molecule has 2 rings (SSSR count). The van der Waals surface area contributed by atoms with Gasteiger partial charge >= 0.3 is 6.09 Å². The highest BCUT2D eigenvalue weighted by atomic mass is 16.6. The second-order valence-corrected chi connectivity index (χ2v) is 12.4. The van der Waals surface area contributed by atoms with Crippen molar-refractivity contribution in [3.63, 3.8) is 0 Å². The molecule has 0 spiro atoms. The summed E-state index contributed by atoms with van der Waals surface area (Å²) in [6, 6.07) is 9.61. The number of nitrogens with one attached hydrogen (secondary N) is 2. The standard InChI is InChI=1S/C33H49N3O4/c1-20(2)18-19-24(6)36(31(38)26(8)34-32(39)40-33(9,10)11)29(27-17-13-14-21(3)25(27)7)30(37)35-28-22(4)15-12-16-23(28)5/h12-17,20,24,26,29H,18-19H2,1-11H3,(H,34,39)(H,35,37). The van der Waals surface area contributed by atoms with E-state index in [0.717, 1.165) is 39.9 Å². The zero-order valence-corrected chi connectivity index (χ0v) is 26.3. The van der Waals surface area contributed by atoms with E-state index in [1.807, 2.05) is 71.0 Å². The first-order valence-corrected chi connectivity index (χ1v) is 14.3. The van der Waals surface area contributed by atoms with Gasteiger partial charge in [-0.05, 0) is 109 Å². The molecule has 40 heavy (non-hydrogen) atoms. The minimum atomic E-state index is -0.906. The number of benzene rings is 2. The van der Waals surface area contributed by atoms with Gasteiger partial charge in [0.25, 0.3) is 5.91 Å². The second kappa shape index (κ2) is 13.8. The highest BCUT2D eigenvalue weighted by molar-refractivity contribution is 6.00. The van der Waals surface area contributed by atoms with Gasteiger partial charge in [-0.15, -0.1) is 0 Å². The minimum absolute atomic E-state index is 0.272. The number of aryl methyl sites for hydroxylation is 3. The summed E-state index contributed by atoms with van der Waals surface area (Å²) in [5, 5.41) is 5.84. The molecule has 0 radical (unpaired) electrons.